The summed E-state index contributed by atoms with van der Waals surface area (Å²) < 4.78 is 31.5. The number of nitrogens with one attached hydrogen (secondary N) is 1. The van der Waals surface area contributed by atoms with Crippen LogP contribution in [0, 0.1) is 6.92 Å². The van der Waals surface area contributed by atoms with Crippen molar-refractivity contribution in [2.45, 2.75) is 38.3 Å². The van der Waals surface area contributed by atoms with Crippen LogP contribution in [0.25, 0.3) is 0 Å². The average Bonchev–Trinajstić information content (AvgIpc) is 2.43. The molecule has 0 aliphatic rings. The maximum atomic E-state index is 12.6. The SMILES string of the molecule is COCCN(C)S(=O)(=O)c1cc(CNC(C)C)ccc1C. The summed E-state index contributed by atoms with van der Waals surface area (Å²) in [6.07, 6.45) is 0. The van der Waals surface area contributed by atoms with E-state index in [1.165, 1.54) is 4.31 Å². The Bertz CT molecular complexity index is 556. The van der Waals surface area contributed by atoms with Crippen LogP contribution in [0.5, 0.6) is 0 Å². The van der Waals surface area contributed by atoms with Gasteiger partial charge < -0.3 is 10.1 Å². The Morgan fingerprint density at radius 1 is 1.33 bits per heavy atom. The Morgan fingerprint density at radius 2 is 2.00 bits per heavy atom. The van der Waals surface area contributed by atoms with Gasteiger partial charge in [-0.3, -0.25) is 0 Å². The van der Waals surface area contributed by atoms with Gasteiger partial charge in [0.15, 0.2) is 0 Å². The van der Waals surface area contributed by atoms with E-state index in [-0.39, 0.29) is 0 Å². The second kappa shape index (κ2) is 7.89. The highest BCUT2D eigenvalue weighted by molar-refractivity contribution is 7.89. The van der Waals surface area contributed by atoms with Gasteiger partial charge in [-0.25, -0.2) is 8.42 Å². The number of benzene rings is 1. The number of likely N-dealkylation sites (N-methyl/N-ethyl adjacent to an activating group) is 1. The van der Waals surface area contributed by atoms with Crippen LogP contribution in [0.2, 0.25) is 0 Å². The van der Waals surface area contributed by atoms with Crippen molar-refractivity contribution < 1.29 is 13.2 Å². The normalized spacial score (nSPS) is 12.3. The van der Waals surface area contributed by atoms with Crippen LogP contribution >= 0.6 is 0 Å². The zero-order valence-corrected chi connectivity index (χ0v) is 14.3. The lowest BCUT2D eigenvalue weighted by Crippen LogP contribution is -2.30. The molecule has 0 aliphatic carbocycles. The zero-order valence-electron chi connectivity index (χ0n) is 13.5. The number of methoxy groups -OCH3 is 1. The third kappa shape index (κ3) is 5.07. The van der Waals surface area contributed by atoms with Gasteiger partial charge in [0.1, 0.15) is 0 Å². The van der Waals surface area contributed by atoms with Crippen LogP contribution in [-0.2, 0) is 21.3 Å². The molecule has 0 saturated heterocycles. The maximum absolute atomic E-state index is 12.6. The minimum absolute atomic E-state index is 0.340. The second-order valence-electron chi connectivity index (χ2n) is 5.45. The van der Waals surface area contributed by atoms with E-state index >= 15 is 0 Å². The molecule has 0 saturated carbocycles. The maximum Gasteiger partial charge on any atom is 0.243 e. The summed E-state index contributed by atoms with van der Waals surface area (Å²) in [4.78, 5) is 0.365. The first-order valence-electron chi connectivity index (χ1n) is 7.07. The average molecular weight is 314 g/mol. The number of aryl methyl sites for hydroxylation is 1. The fraction of sp³-hybridized carbons (Fsp3) is 0.600. The predicted octanol–water partition coefficient (Wildman–Crippen LogP) is 1.76. The number of nitrogens with zero attached hydrogens (tertiary/aromatic N) is 1. The number of hydrogen-bond donors (Lipinski definition) is 1. The topological polar surface area (TPSA) is 58.6 Å². The molecule has 0 aromatic heterocycles. The summed E-state index contributed by atoms with van der Waals surface area (Å²) in [6.45, 7) is 7.31. The standard InChI is InChI=1S/C15H26N2O3S/c1-12(2)16-11-14-7-6-13(3)15(10-14)21(18,19)17(4)8-9-20-5/h6-7,10,12,16H,8-9,11H2,1-5H3. The van der Waals surface area contributed by atoms with Gasteiger partial charge in [0.2, 0.25) is 10.0 Å². The van der Waals surface area contributed by atoms with Gasteiger partial charge >= 0.3 is 0 Å². The molecule has 21 heavy (non-hydrogen) atoms. The quantitative estimate of drug-likeness (QED) is 0.794. The molecule has 0 aliphatic heterocycles. The molecule has 0 fully saturated rings. The molecule has 0 unspecified atom stereocenters. The van der Waals surface area contributed by atoms with Gasteiger partial charge in [-0.1, -0.05) is 26.0 Å². The number of hydrogen-bond acceptors (Lipinski definition) is 4. The van der Waals surface area contributed by atoms with Crippen molar-refractivity contribution in [3.8, 4) is 0 Å². The highest BCUT2D eigenvalue weighted by Crippen LogP contribution is 2.20. The van der Waals surface area contributed by atoms with Gasteiger partial charge in [0, 0.05) is 33.3 Å². The third-order valence-corrected chi connectivity index (χ3v) is 5.26. The van der Waals surface area contributed by atoms with Crippen LogP contribution in [0.15, 0.2) is 23.1 Å². The number of rotatable bonds is 8. The smallest absolute Gasteiger partial charge is 0.243 e. The summed E-state index contributed by atoms with van der Waals surface area (Å²) in [6, 6.07) is 5.92. The van der Waals surface area contributed by atoms with E-state index in [9.17, 15) is 8.42 Å². The van der Waals surface area contributed by atoms with Crippen molar-refractivity contribution in [1.29, 1.82) is 0 Å². The van der Waals surface area contributed by atoms with E-state index in [2.05, 4.69) is 19.2 Å². The van der Waals surface area contributed by atoms with E-state index in [1.54, 1.807) is 20.2 Å². The molecule has 1 N–H and O–H groups in total. The highest BCUT2D eigenvalue weighted by Gasteiger charge is 2.22. The largest absolute Gasteiger partial charge is 0.383 e. The molecule has 1 aromatic rings. The summed E-state index contributed by atoms with van der Waals surface area (Å²) >= 11 is 0. The Labute approximate surface area is 128 Å². The van der Waals surface area contributed by atoms with E-state index in [1.807, 2.05) is 19.1 Å². The minimum atomic E-state index is -3.48. The van der Waals surface area contributed by atoms with Crippen LogP contribution in [0.3, 0.4) is 0 Å². The summed E-state index contributed by atoms with van der Waals surface area (Å²) in [5.74, 6) is 0. The van der Waals surface area contributed by atoms with E-state index in [4.69, 9.17) is 4.74 Å². The highest BCUT2D eigenvalue weighted by atomic mass is 32.2. The lowest BCUT2D eigenvalue weighted by molar-refractivity contribution is 0.185. The molecular formula is C15H26N2O3S. The van der Waals surface area contributed by atoms with Gasteiger partial charge in [0.25, 0.3) is 0 Å². The van der Waals surface area contributed by atoms with Crippen LogP contribution in [-0.4, -0.2) is 46.1 Å². The zero-order chi connectivity index (χ0) is 16.0. The molecule has 120 valence electrons. The Kier molecular flexibility index (Phi) is 6.80. The van der Waals surface area contributed by atoms with Crippen LogP contribution in [0.1, 0.15) is 25.0 Å². The predicted molar refractivity (Wildman–Crippen MR) is 84.8 cm³/mol. The molecule has 1 rings (SSSR count). The van der Waals surface area contributed by atoms with Gasteiger partial charge in [-0.2, -0.15) is 4.31 Å². The first-order valence-corrected chi connectivity index (χ1v) is 8.51. The van der Waals surface area contributed by atoms with Crippen molar-refractivity contribution in [3.05, 3.63) is 29.3 Å². The van der Waals surface area contributed by atoms with Gasteiger partial charge in [-0.15, -0.1) is 0 Å². The van der Waals surface area contributed by atoms with Crippen molar-refractivity contribution in [1.82, 2.24) is 9.62 Å². The molecule has 1 aromatic carbocycles. The van der Waals surface area contributed by atoms with Gasteiger partial charge in [-0.05, 0) is 24.1 Å². The summed E-state index contributed by atoms with van der Waals surface area (Å²) in [5.41, 5.74) is 1.72. The lowest BCUT2D eigenvalue weighted by Gasteiger charge is -2.19. The third-order valence-electron chi connectivity index (χ3n) is 3.27. The lowest BCUT2D eigenvalue weighted by atomic mass is 10.1. The van der Waals surface area contributed by atoms with Crippen molar-refractivity contribution in [2.24, 2.45) is 0 Å². The molecule has 0 radical (unpaired) electrons. The van der Waals surface area contributed by atoms with E-state index < -0.39 is 10.0 Å². The first kappa shape index (κ1) is 18.1. The van der Waals surface area contributed by atoms with Crippen molar-refractivity contribution in [2.75, 3.05) is 27.3 Å². The molecule has 5 nitrogen and oxygen atoms in total. The minimum Gasteiger partial charge on any atom is -0.383 e. The van der Waals surface area contributed by atoms with Crippen LogP contribution < -0.4 is 5.32 Å². The molecule has 0 spiro atoms. The first-order chi connectivity index (χ1) is 9.78. The van der Waals surface area contributed by atoms with E-state index in [0.29, 0.717) is 30.6 Å². The van der Waals surface area contributed by atoms with E-state index in [0.717, 1.165) is 11.1 Å². The van der Waals surface area contributed by atoms with Crippen molar-refractivity contribution in [3.63, 3.8) is 0 Å². The summed E-state index contributed by atoms with van der Waals surface area (Å²) in [7, 11) is -0.342. The second-order valence-corrected chi connectivity index (χ2v) is 7.47. The number of sulfonamides is 1. The molecule has 0 atom stereocenters. The van der Waals surface area contributed by atoms with Crippen molar-refractivity contribution >= 4 is 10.0 Å². The summed E-state index contributed by atoms with van der Waals surface area (Å²) in [5, 5.41) is 3.29. The molecule has 0 bridgehead atoms. The van der Waals surface area contributed by atoms with Crippen LogP contribution in [0.4, 0.5) is 0 Å². The Morgan fingerprint density at radius 3 is 2.57 bits per heavy atom. The Hall–Kier alpha value is -0.950. The molecule has 6 heteroatoms. The molecule has 0 amide bonds. The molecular weight excluding hydrogens is 288 g/mol. The fourth-order valence-corrected chi connectivity index (χ4v) is 3.29. The molecule has 0 heterocycles. The fourth-order valence-electron chi connectivity index (χ4n) is 1.86. The number of ether oxygens (including phenoxy) is 1. The monoisotopic (exact) mass is 314 g/mol. The van der Waals surface area contributed by atoms with Gasteiger partial charge in [0.05, 0.1) is 11.5 Å². The Balaban J connectivity index is 3.02.